The Labute approximate surface area is 140 Å². The summed E-state index contributed by atoms with van der Waals surface area (Å²) in [5.74, 6) is -0.665. The van der Waals surface area contributed by atoms with E-state index in [9.17, 15) is 14.6 Å². The van der Waals surface area contributed by atoms with Crippen molar-refractivity contribution in [3.05, 3.63) is 51.8 Å². The smallest absolute Gasteiger partial charge is 0.127 e. The Bertz CT molecular complexity index is 644. The number of aliphatic hydroxyl groups excluding tert-OH is 1. The first-order valence-electron chi connectivity index (χ1n) is 6.13. The van der Waals surface area contributed by atoms with Gasteiger partial charge in [0.15, 0.2) is 0 Å². The van der Waals surface area contributed by atoms with Crippen molar-refractivity contribution >= 4 is 39.1 Å². The summed E-state index contributed by atoms with van der Waals surface area (Å²) in [6, 6.07) is 7.25. The molecule has 2 nitrogen and oxygen atoms in total. The van der Waals surface area contributed by atoms with Crippen molar-refractivity contribution in [1.29, 1.82) is 0 Å². The summed E-state index contributed by atoms with van der Waals surface area (Å²) in [6.07, 6.45) is -0.614. The van der Waals surface area contributed by atoms with E-state index in [1.165, 1.54) is 12.1 Å². The standard InChI is InChI=1S/C15H12BrCl2FO2/c16-7-10(20)5-8-4-9(19)6-11(15(8)21)14-12(17)2-1-3-13(14)18/h1-4,6,10,20-21H,5,7H2. The summed E-state index contributed by atoms with van der Waals surface area (Å²) in [7, 11) is 0. The maximum atomic E-state index is 13.8. The van der Waals surface area contributed by atoms with Gasteiger partial charge in [-0.25, -0.2) is 4.39 Å². The molecule has 2 aromatic carbocycles. The highest BCUT2D eigenvalue weighted by atomic mass is 79.9. The summed E-state index contributed by atoms with van der Waals surface area (Å²) in [6.45, 7) is 0. The van der Waals surface area contributed by atoms with Gasteiger partial charge in [-0.3, -0.25) is 0 Å². The molecule has 112 valence electrons. The first-order chi connectivity index (χ1) is 9.93. The Morgan fingerprint density at radius 3 is 2.38 bits per heavy atom. The Morgan fingerprint density at radius 2 is 1.81 bits per heavy atom. The molecule has 0 saturated heterocycles. The third kappa shape index (κ3) is 3.69. The molecule has 1 unspecified atom stereocenters. The zero-order valence-electron chi connectivity index (χ0n) is 10.8. The van der Waals surface area contributed by atoms with Crippen LogP contribution in [0, 0.1) is 5.82 Å². The molecule has 0 aliphatic heterocycles. The Kier molecular flexibility index (Phi) is 5.49. The lowest BCUT2D eigenvalue weighted by Gasteiger charge is -2.14. The number of aliphatic hydroxyl groups is 1. The second kappa shape index (κ2) is 6.97. The highest BCUT2D eigenvalue weighted by Crippen LogP contribution is 2.41. The van der Waals surface area contributed by atoms with Crippen LogP contribution in [0.3, 0.4) is 0 Å². The summed E-state index contributed by atoms with van der Waals surface area (Å²) >= 11 is 15.3. The molecule has 0 aromatic heterocycles. The minimum atomic E-state index is -0.729. The summed E-state index contributed by atoms with van der Waals surface area (Å²) in [5, 5.41) is 21.0. The van der Waals surface area contributed by atoms with E-state index in [2.05, 4.69) is 15.9 Å². The lowest BCUT2D eigenvalue weighted by atomic mass is 9.98. The number of aromatic hydroxyl groups is 1. The minimum absolute atomic E-state index is 0.115. The van der Waals surface area contributed by atoms with Crippen molar-refractivity contribution in [3.63, 3.8) is 0 Å². The van der Waals surface area contributed by atoms with Crippen LogP contribution in [0.1, 0.15) is 5.56 Å². The topological polar surface area (TPSA) is 40.5 Å². The van der Waals surface area contributed by atoms with Crippen LogP contribution in [0.25, 0.3) is 11.1 Å². The molecule has 0 radical (unpaired) electrons. The van der Waals surface area contributed by atoms with Crippen molar-refractivity contribution in [2.75, 3.05) is 5.33 Å². The molecular formula is C15H12BrCl2FO2. The number of hydrogen-bond acceptors (Lipinski definition) is 2. The molecule has 21 heavy (non-hydrogen) atoms. The average molecular weight is 394 g/mol. The largest absolute Gasteiger partial charge is 0.507 e. The van der Waals surface area contributed by atoms with Gasteiger partial charge in [-0.1, -0.05) is 45.2 Å². The number of halogens is 4. The fraction of sp³-hybridized carbons (Fsp3) is 0.200. The average Bonchev–Trinajstić information content (AvgIpc) is 2.43. The van der Waals surface area contributed by atoms with Crippen molar-refractivity contribution in [2.45, 2.75) is 12.5 Å². The van der Waals surface area contributed by atoms with Crippen molar-refractivity contribution in [3.8, 4) is 16.9 Å². The van der Waals surface area contributed by atoms with Crippen LogP contribution in [0.5, 0.6) is 5.75 Å². The molecule has 0 amide bonds. The molecule has 0 fully saturated rings. The Hall–Kier alpha value is -0.810. The fourth-order valence-electron chi connectivity index (χ4n) is 2.07. The lowest BCUT2D eigenvalue weighted by Crippen LogP contribution is -2.12. The van der Waals surface area contributed by atoms with Gasteiger partial charge in [-0.05, 0) is 29.8 Å². The first kappa shape index (κ1) is 16.6. The molecule has 2 rings (SSSR count). The second-order valence-corrected chi connectivity index (χ2v) is 6.03. The van der Waals surface area contributed by atoms with Gasteiger partial charge in [0, 0.05) is 22.9 Å². The van der Waals surface area contributed by atoms with E-state index >= 15 is 0 Å². The van der Waals surface area contributed by atoms with Crippen LogP contribution in [0.15, 0.2) is 30.3 Å². The van der Waals surface area contributed by atoms with Gasteiger partial charge >= 0.3 is 0 Å². The third-order valence-corrected chi connectivity index (χ3v) is 4.40. The molecule has 1 atom stereocenters. The van der Waals surface area contributed by atoms with Gasteiger partial charge in [-0.15, -0.1) is 0 Å². The molecule has 0 aliphatic rings. The SMILES string of the molecule is Oc1c(CC(O)CBr)cc(F)cc1-c1c(Cl)cccc1Cl. The van der Waals surface area contributed by atoms with E-state index in [0.717, 1.165) is 0 Å². The van der Waals surface area contributed by atoms with E-state index in [0.29, 0.717) is 26.5 Å². The van der Waals surface area contributed by atoms with Gasteiger partial charge in [0.2, 0.25) is 0 Å². The van der Waals surface area contributed by atoms with Gasteiger partial charge in [0.25, 0.3) is 0 Å². The fourth-order valence-corrected chi connectivity index (χ4v) is 2.90. The molecule has 2 N–H and O–H groups in total. The van der Waals surface area contributed by atoms with Crippen LogP contribution >= 0.6 is 39.1 Å². The number of phenolic OH excluding ortho intramolecular Hbond substituents is 1. The number of phenols is 1. The van der Waals surface area contributed by atoms with Crippen molar-refractivity contribution in [2.24, 2.45) is 0 Å². The van der Waals surface area contributed by atoms with Gasteiger partial charge in [0.1, 0.15) is 11.6 Å². The highest BCUT2D eigenvalue weighted by Gasteiger charge is 2.18. The lowest BCUT2D eigenvalue weighted by molar-refractivity contribution is 0.200. The van der Waals surface area contributed by atoms with Crippen LogP contribution in [-0.4, -0.2) is 21.6 Å². The zero-order chi connectivity index (χ0) is 15.6. The number of rotatable bonds is 4. The Morgan fingerprint density at radius 1 is 1.19 bits per heavy atom. The van der Waals surface area contributed by atoms with Crippen LogP contribution in [-0.2, 0) is 6.42 Å². The highest BCUT2D eigenvalue weighted by molar-refractivity contribution is 9.09. The summed E-state index contributed by atoms with van der Waals surface area (Å²) < 4.78 is 13.8. The second-order valence-electron chi connectivity index (χ2n) is 4.57. The summed E-state index contributed by atoms with van der Waals surface area (Å²) in [5.41, 5.74) is 0.878. The molecule has 0 spiro atoms. The third-order valence-electron chi connectivity index (χ3n) is 3.02. The molecular weight excluding hydrogens is 382 g/mol. The van der Waals surface area contributed by atoms with E-state index < -0.39 is 11.9 Å². The molecule has 0 saturated carbocycles. The molecule has 6 heteroatoms. The first-order valence-corrected chi connectivity index (χ1v) is 8.01. The number of alkyl halides is 1. The van der Waals surface area contributed by atoms with Crippen molar-refractivity contribution in [1.82, 2.24) is 0 Å². The van der Waals surface area contributed by atoms with E-state index in [4.69, 9.17) is 23.2 Å². The van der Waals surface area contributed by atoms with Crippen molar-refractivity contribution < 1.29 is 14.6 Å². The molecule has 0 aliphatic carbocycles. The maximum Gasteiger partial charge on any atom is 0.127 e. The predicted molar refractivity (Wildman–Crippen MR) is 87.0 cm³/mol. The van der Waals surface area contributed by atoms with Gasteiger partial charge in [-0.2, -0.15) is 0 Å². The normalized spacial score (nSPS) is 12.4. The molecule has 0 bridgehead atoms. The molecule has 2 aromatic rings. The van der Waals surface area contributed by atoms with Crippen LogP contribution in [0.4, 0.5) is 4.39 Å². The van der Waals surface area contributed by atoms with E-state index in [1.807, 2.05) is 0 Å². The minimum Gasteiger partial charge on any atom is -0.507 e. The Balaban J connectivity index is 2.59. The molecule has 0 heterocycles. The summed E-state index contributed by atoms with van der Waals surface area (Å²) in [4.78, 5) is 0. The van der Waals surface area contributed by atoms with E-state index in [-0.39, 0.29) is 17.7 Å². The van der Waals surface area contributed by atoms with Crippen LogP contribution in [0.2, 0.25) is 10.0 Å². The zero-order valence-corrected chi connectivity index (χ0v) is 13.9. The quantitative estimate of drug-likeness (QED) is 0.732. The number of hydrogen-bond donors (Lipinski definition) is 2. The van der Waals surface area contributed by atoms with Gasteiger partial charge in [0.05, 0.1) is 16.1 Å². The predicted octanol–water partition coefficient (Wildman–Crippen LogP) is 4.80. The number of benzene rings is 2. The van der Waals surface area contributed by atoms with Gasteiger partial charge < -0.3 is 10.2 Å². The monoisotopic (exact) mass is 392 g/mol. The maximum absolute atomic E-state index is 13.8. The van der Waals surface area contributed by atoms with E-state index in [1.54, 1.807) is 18.2 Å². The van der Waals surface area contributed by atoms with Crippen LogP contribution < -0.4 is 0 Å².